The van der Waals surface area contributed by atoms with E-state index in [-0.39, 0.29) is 5.75 Å². The van der Waals surface area contributed by atoms with Gasteiger partial charge in [0.2, 0.25) is 10.0 Å². The summed E-state index contributed by atoms with van der Waals surface area (Å²) in [5.74, 6) is -0.172. The summed E-state index contributed by atoms with van der Waals surface area (Å²) in [5, 5.41) is 4.94. The van der Waals surface area contributed by atoms with Crippen molar-refractivity contribution in [1.29, 1.82) is 0 Å². The van der Waals surface area contributed by atoms with Crippen LogP contribution >= 0.6 is 31.9 Å². The molecule has 0 aliphatic carbocycles. The summed E-state index contributed by atoms with van der Waals surface area (Å²) >= 11 is 6.50. The third-order valence-electron chi connectivity index (χ3n) is 1.41. The largest absolute Gasteiger partial charge is 0.228 e. The van der Waals surface area contributed by atoms with E-state index in [0.29, 0.717) is 5.56 Å². The van der Waals surface area contributed by atoms with Gasteiger partial charge in [-0.3, -0.25) is 0 Å². The highest BCUT2D eigenvalue weighted by Gasteiger charge is 2.11. The Balaban J connectivity index is 3.15. The van der Waals surface area contributed by atoms with Gasteiger partial charge in [0.15, 0.2) is 0 Å². The van der Waals surface area contributed by atoms with Crippen molar-refractivity contribution in [2.24, 2.45) is 5.14 Å². The van der Waals surface area contributed by atoms with Crippen LogP contribution in [0.15, 0.2) is 27.1 Å². The molecule has 1 rings (SSSR count). The maximum Gasteiger partial charge on any atom is 0.213 e. The number of hydrogen-bond donors (Lipinski definition) is 1. The fourth-order valence-electron chi connectivity index (χ4n) is 0.871. The molecule has 2 N–H and O–H groups in total. The van der Waals surface area contributed by atoms with Gasteiger partial charge in [-0.05, 0) is 17.7 Å². The van der Waals surface area contributed by atoms with Crippen molar-refractivity contribution in [3.63, 3.8) is 0 Å². The van der Waals surface area contributed by atoms with Crippen LogP contribution in [-0.4, -0.2) is 8.42 Å². The minimum Gasteiger partial charge on any atom is -0.228 e. The Hall–Kier alpha value is 0.0900. The summed E-state index contributed by atoms with van der Waals surface area (Å²) in [4.78, 5) is 0. The highest BCUT2D eigenvalue weighted by Crippen LogP contribution is 2.26. The SMILES string of the molecule is NS(=O)(=O)Cc1c(Br)cccc1Br. The van der Waals surface area contributed by atoms with Crippen molar-refractivity contribution in [2.45, 2.75) is 5.75 Å². The second-order valence-corrected chi connectivity index (χ2v) is 5.83. The first kappa shape index (κ1) is 11.2. The smallest absolute Gasteiger partial charge is 0.213 e. The maximum atomic E-state index is 10.8. The maximum absolute atomic E-state index is 10.8. The topological polar surface area (TPSA) is 60.2 Å². The van der Waals surface area contributed by atoms with E-state index in [4.69, 9.17) is 5.14 Å². The summed E-state index contributed by atoms with van der Waals surface area (Å²) < 4.78 is 23.1. The van der Waals surface area contributed by atoms with Crippen molar-refractivity contribution in [2.75, 3.05) is 0 Å². The minimum atomic E-state index is -3.48. The molecule has 0 aliphatic rings. The van der Waals surface area contributed by atoms with Crippen molar-refractivity contribution in [1.82, 2.24) is 0 Å². The first-order valence-corrected chi connectivity index (χ1v) is 6.63. The average molecular weight is 329 g/mol. The number of sulfonamides is 1. The normalized spacial score (nSPS) is 11.6. The first-order valence-electron chi connectivity index (χ1n) is 3.33. The van der Waals surface area contributed by atoms with Crippen LogP contribution in [0.1, 0.15) is 5.56 Å². The van der Waals surface area contributed by atoms with E-state index in [9.17, 15) is 8.42 Å². The molecule has 0 bridgehead atoms. The predicted molar refractivity (Wildman–Crippen MR) is 58.7 cm³/mol. The Kier molecular flexibility index (Phi) is 3.50. The monoisotopic (exact) mass is 327 g/mol. The predicted octanol–water partition coefficient (Wildman–Crippen LogP) is 2.00. The van der Waals surface area contributed by atoms with Crippen molar-refractivity contribution in [3.05, 3.63) is 32.7 Å². The molecule has 0 aromatic heterocycles. The van der Waals surface area contributed by atoms with Crippen LogP contribution in [0.5, 0.6) is 0 Å². The summed E-state index contributed by atoms with van der Waals surface area (Å²) in [6, 6.07) is 5.34. The summed E-state index contributed by atoms with van der Waals surface area (Å²) in [7, 11) is -3.48. The van der Waals surface area contributed by atoms with Crippen LogP contribution in [0.3, 0.4) is 0 Å². The lowest BCUT2D eigenvalue weighted by Gasteiger charge is -2.04. The molecular weight excluding hydrogens is 322 g/mol. The zero-order valence-electron chi connectivity index (χ0n) is 6.50. The Bertz CT molecular complexity index is 396. The second kappa shape index (κ2) is 4.08. The number of primary sulfonamides is 1. The lowest BCUT2D eigenvalue weighted by Crippen LogP contribution is -2.15. The molecule has 0 saturated heterocycles. The Morgan fingerprint density at radius 2 is 1.69 bits per heavy atom. The van der Waals surface area contributed by atoms with E-state index in [1.165, 1.54) is 0 Å². The van der Waals surface area contributed by atoms with E-state index in [0.717, 1.165) is 8.95 Å². The number of rotatable bonds is 2. The summed E-state index contributed by atoms with van der Waals surface area (Å²) in [6.45, 7) is 0. The van der Waals surface area contributed by atoms with Crippen LogP contribution in [0, 0.1) is 0 Å². The van der Waals surface area contributed by atoms with Gasteiger partial charge in [0, 0.05) is 8.95 Å². The molecule has 0 aliphatic heterocycles. The Labute approximate surface area is 93.6 Å². The van der Waals surface area contributed by atoms with Gasteiger partial charge in [0.25, 0.3) is 0 Å². The zero-order chi connectivity index (χ0) is 10.1. The van der Waals surface area contributed by atoms with Gasteiger partial charge in [0.1, 0.15) is 0 Å². The van der Waals surface area contributed by atoms with Crippen LogP contribution in [0.4, 0.5) is 0 Å². The van der Waals surface area contributed by atoms with E-state index in [1.807, 2.05) is 0 Å². The van der Waals surface area contributed by atoms with E-state index < -0.39 is 10.0 Å². The van der Waals surface area contributed by atoms with E-state index >= 15 is 0 Å². The number of nitrogens with two attached hydrogens (primary N) is 1. The van der Waals surface area contributed by atoms with Gasteiger partial charge in [-0.25, -0.2) is 13.6 Å². The molecule has 0 radical (unpaired) electrons. The van der Waals surface area contributed by atoms with Gasteiger partial charge >= 0.3 is 0 Å². The van der Waals surface area contributed by atoms with Gasteiger partial charge in [-0.15, -0.1) is 0 Å². The number of hydrogen-bond acceptors (Lipinski definition) is 2. The van der Waals surface area contributed by atoms with E-state index in [2.05, 4.69) is 31.9 Å². The van der Waals surface area contributed by atoms with Gasteiger partial charge < -0.3 is 0 Å². The standard InChI is InChI=1S/C7H7Br2NO2S/c8-6-2-1-3-7(9)5(6)4-13(10,11)12/h1-3H,4H2,(H2,10,11,12). The van der Waals surface area contributed by atoms with Gasteiger partial charge in [-0.1, -0.05) is 37.9 Å². The molecule has 0 atom stereocenters. The first-order chi connectivity index (χ1) is 5.90. The molecule has 72 valence electrons. The molecular formula is C7H7Br2NO2S. The third kappa shape index (κ3) is 3.38. The Morgan fingerprint density at radius 3 is 2.08 bits per heavy atom. The molecule has 6 heteroatoms. The van der Waals surface area contributed by atoms with Crippen molar-refractivity contribution >= 4 is 41.9 Å². The van der Waals surface area contributed by atoms with Crippen LogP contribution in [0.25, 0.3) is 0 Å². The van der Waals surface area contributed by atoms with Crippen molar-refractivity contribution in [3.8, 4) is 0 Å². The molecule has 1 aromatic rings. The zero-order valence-corrected chi connectivity index (χ0v) is 10.5. The van der Waals surface area contributed by atoms with Crippen LogP contribution in [-0.2, 0) is 15.8 Å². The summed E-state index contributed by atoms with van der Waals surface area (Å²) in [5.41, 5.74) is 0.644. The van der Waals surface area contributed by atoms with E-state index in [1.54, 1.807) is 18.2 Å². The summed E-state index contributed by atoms with van der Waals surface area (Å²) in [6.07, 6.45) is 0. The molecule has 0 amide bonds. The number of halogens is 2. The molecule has 0 saturated carbocycles. The molecule has 3 nitrogen and oxygen atoms in total. The molecule has 0 fully saturated rings. The van der Waals surface area contributed by atoms with Crippen LogP contribution in [0.2, 0.25) is 0 Å². The lowest BCUT2D eigenvalue weighted by molar-refractivity contribution is 0.597. The van der Waals surface area contributed by atoms with Gasteiger partial charge in [-0.2, -0.15) is 0 Å². The second-order valence-electron chi connectivity index (χ2n) is 2.51. The molecule has 13 heavy (non-hydrogen) atoms. The fraction of sp³-hybridized carbons (Fsp3) is 0.143. The molecule has 0 spiro atoms. The lowest BCUT2D eigenvalue weighted by atomic mass is 10.2. The quantitative estimate of drug-likeness (QED) is 0.902. The fourth-order valence-corrected chi connectivity index (χ4v) is 3.23. The van der Waals surface area contributed by atoms with Crippen LogP contribution < -0.4 is 5.14 Å². The molecule has 1 aromatic carbocycles. The van der Waals surface area contributed by atoms with Crippen molar-refractivity contribution < 1.29 is 8.42 Å². The Morgan fingerprint density at radius 1 is 1.23 bits per heavy atom. The highest BCUT2D eigenvalue weighted by atomic mass is 79.9. The number of benzene rings is 1. The third-order valence-corrected chi connectivity index (χ3v) is 3.58. The highest BCUT2D eigenvalue weighted by molar-refractivity contribution is 9.11. The average Bonchev–Trinajstić information content (AvgIpc) is 1.95. The molecule has 0 heterocycles. The molecule has 0 unspecified atom stereocenters. The minimum absolute atomic E-state index is 0.172. The van der Waals surface area contributed by atoms with Gasteiger partial charge in [0.05, 0.1) is 5.75 Å².